The van der Waals surface area contributed by atoms with Crippen LogP contribution in [0.1, 0.15) is 12.8 Å². The summed E-state index contributed by atoms with van der Waals surface area (Å²) >= 11 is 0. The van der Waals surface area contributed by atoms with Gasteiger partial charge in [-0.15, -0.1) is 0 Å². The Kier molecular flexibility index (Phi) is 1.13. The topological polar surface area (TPSA) is 23.6 Å². The lowest BCUT2D eigenvalue weighted by Gasteiger charge is -2.13. The van der Waals surface area contributed by atoms with E-state index in [1.807, 2.05) is 11.9 Å². The first-order valence-corrected chi connectivity index (χ1v) is 3.81. The largest absolute Gasteiger partial charge is 0.326 e. The Morgan fingerprint density at radius 2 is 2.10 bits per heavy atom. The first-order valence-electron chi connectivity index (χ1n) is 3.81. The molecule has 3 nitrogen and oxygen atoms in total. The van der Waals surface area contributed by atoms with Gasteiger partial charge in [-0.2, -0.15) is 0 Å². The maximum Gasteiger partial charge on any atom is 0.320 e. The summed E-state index contributed by atoms with van der Waals surface area (Å²) < 4.78 is 0. The average molecular weight is 140 g/mol. The summed E-state index contributed by atoms with van der Waals surface area (Å²) in [4.78, 5) is 15.0. The molecule has 2 aliphatic rings. The molecule has 10 heavy (non-hydrogen) atoms. The minimum Gasteiger partial charge on any atom is -0.326 e. The molecule has 1 aliphatic carbocycles. The summed E-state index contributed by atoms with van der Waals surface area (Å²) in [7, 11) is 1.87. The van der Waals surface area contributed by atoms with Gasteiger partial charge < -0.3 is 9.80 Å². The molecule has 0 N–H and O–H groups in total. The predicted octanol–water partition coefficient (Wildman–Crippen LogP) is 0.516. The minimum atomic E-state index is 0.225. The molecule has 2 amide bonds. The molecule has 1 heterocycles. The van der Waals surface area contributed by atoms with E-state index in [9.17, 15) is 4.79 Å². The lowest BCUT2D eigenvalue weighted by molar-refractivity contribution is 0.197. The van der Waals surface area contributed by atoms with Gasteiger partial charge in [-0.05, 0) is 12.8 Å². The summed E-state index contributed by atoms with van der Waals surface area (Å²) in [5.41, 5.74) is 0. The molecule has 2 rings (SSSR count). The van der Waals surface area contributed by atoms with Crippen molar-refractivity contribution in [3.05, 3.63) is 0 Å². The maximum atomic E-state index is 11.2. The van der Waals surface area contributed by atoms with E-state index in [2.05, 4.69) is 0 Å². The SMILES string of the molecule is CN1CCN(C2CC2)C1=O. The first-order chi connectivity index (χ1) is 4.79. The number of rotatable bonds is 1. The monoisotopic (exact) mass is 140 g/mol. The van der Waals surface area contributed by atoms with Crippen molar-refractivity contribution >= 4 is 6.03 Å². The molecular weight excluding hydrogens is 128 g/mol. The van der Waals surface area contributed by atoms with Crippen molar-refractivity contribution < 1.29 is 4.79 Å². The second kappa shape index (κ2) is 1.87. The molecule has 2 fully saturated rings. The number of amides is 2. The van der Waals surface area contributed by atoms with Crippen LogP contribution in [0.2, 0.25) is 0 Å². The Bertz CT molecular complexity index is 165. The molecule has 0 atom stereocenters. The molecule has 0 aromatic heterocycles. The Morgan fingerprint density at radius 3 is 2.50 bits per heavy atom. The van der Waals surface area contributed by atoms with Gasteiger partial charge in [-0.1, -0.05) is 0 Å². The Hall–Kier alpha value is -0.730. The lowest BCUT2D eigenvalue weighted by Crippen LogP contribution is -2.30. The van der Waals surface area contributed by atoms with E-state index in [1.54, 1.807) is 4.90 Å². The smallest absolute Gasteiger partial charge is 0.320 e. The lowest BCUT2D eigenvalue weighted by atomic mass is 10.5. The van der Waals surface area contributed by atoms with Crippen LogP contribution in [-0.4, -0.2) is 42.0 Å². The predicted molar refractivity (Wildman–Crippen MR) is 37.8 cm³/mol. The number of hydrogen-bond acceptors (Lipinski definition) is 1. The van der Waals surface area contributed by atoms with Gasteiger partial charge >= 0.3 is 6.03 Å². The number of likely N-dealkylation sites (N-methyl/N-ethyl adjacent to an activating group) is 1. The van der Waals surface area contributed by atoms with Gasteiger partial charge in [0.25, 0.3) is 0 Å². The second-order valence-electron chi connectivity index (χ2n) is 3.13. The van der Waals surface area contributed by atoms with Gasteiger partial charge in [0.15, 0.2) is 0 Å². The average Bonchev–Trinajstić information content (AvgIpc) is 2.67. The summed E-state index contributed by atoms with van der Waals surface area (Å²) in [6.45, 7) is 1.86. The quantitative estimate of drug-likeness (QED) is 0.520. The molecule has 1 aliphatic heterocycles. The molecule has 1 saturated carbocycles. The van der Waals surface area contributed by atoms with E-state index < -0.39 is 0 Å². The summed E-state index contributed by atoms with van der Waals surface area (Å²) in [5.74, 6) is 0. The highest BCUT2D eigenvalue weighted by Gasteiger charge is 2.37. The van der Waals surface area contributed by atoms with Crippen LogP contribution in [0.5, 0.6) is 0 Å². The highest BCUT2D eigenvalue weighted by Crippen LogP contribution is 2.29. The van der Waals surface area contributed by atoms with E-state index in [0.717, 1.165) is 13.1 Å². The minimum absolute atomic E-state index is 0.225. The summed E-state index contributed by atoms with van der Waals surface area (Å²) in [6, 6.07) is 0.819. The van der Waals surface area contributed by atoms with Gasteiger partial charge in [-0.25, -0.2) is 4.79 Å². The van der Waals surface area contributed by atoms with Crippen LogP contribution < -0.4 is 0 Å². The number of urea groups is 1. The Balaban J connectivity index is 2.03. The van der Waals surface area contributed by atoms with Crippen molar-refractivity contribution in [3.63, 3.8) is 0 Å². The molecule has 0 radical (unpaired) electrons. The number of nitrogens with zero attached hydrogens (tertiary/aromatic N) is 2. The fourth-order valence-corrected chi connectivity index (χ4v) is 1.39. The fourth-order valence-electron chi connectivity index (χ4n) is 1.39. The molecule has 0 bridgehead atoms. The van der Waals surface area contributed by atoms with E-state index >= 15 is 0 Å². The molecule has 3 heteroatoms. The Morgan fingerprint density at radius 1 is 1.40 bits per heavy atom. The van der Waals surface area contributed by atoms with Crippen molar-refractivity contribution in [1.82, 2.24) is 9.80 Å². The summed E-state index contributed by atoms with van der Waals surface area (Å²) in [5, 5.41) is 0. The molecule has 0 aromatic rings. The maximum absolute atomic E-state index is 11.2. The zero-order chi connectivity index (χ0) is 7.14. The van der Waals surface area contributed by atoms with E-state index in [4.69, 9.17) is 0 Å². The molecule has 1 saturated heterocycles. The van der Waals surface area contributed by atoms with Crippen LogP contribution in [0.4, 0.5) is 4.79 Å². The van der Waals surface area contributed by atoms with Crippen molar-refractivity contribution in [2.24, 2.45) is 0 Å². The van der Waals surface area contributed by atoms with E-state index in [1.165, 1.54) is 12.8 Å². The molecule has 56 valence electrons. The second-order valence-corrected chi connectivity index (χ2v) is 3.13. The highest BCUT2D eigenvalue weighted by atomic mass is 16.2. The van der Waals surface area contributed by atoms with Crippen LogP contribution in [0, 0.1) is 0 Å². The van der Waals surface area contributed by atoms with Crippen LogP contribution in [0.25, 0.3) is 0 Å². The van der Waals surface area contributed by atoms with Crippen molar-refractivity contribution in [3.8, 4) is 0 Å². The van der Waals surface area contributed by atoms with Crippen LogP contribution >= 0.6 is 0 Å². The highest BCUT2D eigenvalue weighted by molar-refractivity contribution is 5.76. The number of carbonyl (C=O) groups excluding carboxylic acids is 1. The zero-order valence-electron chi connectivity index (χ0n) is 6.21. The van der Waals surface area contributed by atoms with Crippen LogP contribution in [0.3, 0.4) is 0 Å². The third-order valence-electron chi connectivity index (χ3n) is 2.24. The summed E-state index contributed by atoms with van der Waals surface area (Å²) in [6.07, 6.45) is 2.44. The van der Waals surface area contributed by atoms with Gasteiger partial charge in [0, 0.05) is 26.2 Å². The molecule has 0 spiro atoms. The molecule has 0 unspecified atom stereocenters. The number of carbonyl (C=O) groups is 1. The van der Waals surface area contributed by atoms with Gasteiger partial charge in [0.2, 0.25) is 0 Å². The Labute approximate surface area is 60.6 Å². The zero-order valence-corrected chi connectivity index (χ0v) is 6.21. The van der Waals surface area contributed by atoms with E-state index in [0.29, 0.717) is 6.04 Å². The molecule has 0 aromatic carbocycles. The third kappa shape index (κ3) is 0.770. The molecular formula is C7H12N2O. The third-order valence-corrected chi connectivity index (χ3v) is 2.24. The first kappa shape index (κ1) is 6.01. The van der Waals surface area contributed by atoms with Crippen LogP contribution in [0.15, 0.2) is 0 Å². The normalized spacial score (nSPS) is 26.3. The van der Waals surface area contributed by atoms with Gasteiger partial charge in [0.1, 0.15) is 0 Å². The van der Waals surface area contributed by atoms with Crippen LogP contribution in [-0.2, 0) is 0 Å². The standard InChI is InChI=1S/C7H12N2O/c1-8-4-5-9(7(8)10)6-2-3-6/h6H,2-5H2,1H3. The van der Waals surface area contributed by atoms with Crippen molar-refractivity contribution in [2.45, 2.75) is 18.9 Å². The van der Waals surface area contributed by atoms with Crippen molar-refractivity contribution in [1.29, 1.82) is 0 Å². The fraction of sp³-hybridized carbons (Fsp3) is 0.857. The van der Waals surface area contributed by atoms with E-state index in [-0.39, 0.29) is 6.03 Å². The van der Waals surface area contributed by atoms with Crippen molar-refractivity contribution in [2.75, 3.05) is 20.1 Å². The van der Waals surface area contributed by atoms with Gasteiger partial charge in [-0.3, -0.25) is 0 Å². The number of hydrogen-bond donors (Lipinski definition) is 0. The van der Waals surface area contributed by atoms with Gasteiger partial charge in [0.05, 0.1) is 0 Å².